The van der Waals surface area contributed by atoms with E-state index in [4.69, 9.17) is 4.42 Å². The van der Waals surface area contributed by atoms with Crippen LogP contribution in [0.2, 0.25) is 0 Å². The molecule has 1 aromatic heterocycles. The molecule has 0 aliphatic carbocycles. The number of oxazole rings is 1. The van der Waals surface area contributed by atoms with E-state index in [1.165, 1.54) is 7.05 Å². The molecule has 0 saturated carbocycles. The number of rotatable bonds is 0. The van der Waals surface area contributed by atoms with Gasteiger partial charge in [-0.05, 0) is 14.0 Å². The van der Waals surface area contributed by atoms with Crippen molar-refractivity contribution >= 4 is 0 Å². The van der Waals surface area contributed by atoms with Crippen LogP contribution in [0.15, 0.2) is 10.6 Å². The number of hydrogen-bond donors (Lipinski definition) is 1. The van der Waals surface area contributed by atoms with Crippen molar-refractivity contribution < 1.29 is 4.42 Å². The Morgan fingerprint density at radius 2 is 2.00 bits per heavy atom. The van der Waals surface area contributed by atoms with Crippen LogP contribution >= 0.6 is 0 Å². The van der Waals surface area contributed by atoms with Crippen molar-refractivity contribution in [2.45, 2.75) is 13.8 Å². The Kier molecular flexibility index (Phi) is 3.71. The highest BCUT2D eigenvalue weighted by atomic mass is 16.3. The summed E-state index contributed by atoms with van der Waals surface area (Å²) in [6.45, 7) is 3.70. The minimum Gasteiger partial charge on any atom is -0.446 e. The molecule has 0 saturated heterocycles. The lowest BCUT2D eigenvalue weighted by Crippen LogP contribution is -1.69. The van der Waals surface area contributed by atoms with E-state index in [1.54, 1.807) is 6.20 Å². The zero-order valence-corrected chi connectivity index (χ0v) is 6.01. The summed E-state index contributed by atoms with van der Waals surface area (Å²) in [6, 6.07) is 0. The van der Waals surface area contributed by atoms with Crippen molar-refractivity contribution in [3.05, 3.63) is 17.8 Å². The molecule has 0 fully saturated rings. The van der Waals surface area contributed by atoms with Crippen LogP contribution in [0.25, 0.3) is 0 Å². The quantitative estimate of drug-likeness (QED) is 0.564. The number of hydrogen-bond acceptors (Lipinski definition) is 3. The van der Waals surface area contributed by atoms with Crippen LogP contribution in [-0.2, 0) is 0 Å². The molecule has 9 heavy (non-hydrogen) atoms. The van der Waals surface area contributed by atoms with Crippen LogP contribution in [-0.4, -0.2) is 12.0 Å². The number of nitrogens with two attached hydrogens (primary N) is 1. The molecule has 0 atom stereocenters. The van der Waals surface area contributed by atoms with Gasteiger partial charge in [0.25, 0.3) is 0 Å². The van der Waals surface area contributed by atoms with E-state index in [0.29, 0.717) is 0 Å². The Hall–Kier alpha value is -0.830. The predicted molar refractivity (Wildman–Crippen MR) is 36.1 cm³/mol. The molecule has 2 N–H and O–H groups in total. The van der Waals surface area contributed by atoms with Crippen molar-refractivity contribution in [3.63, 3.8) is 0 Å². The van der Waals surface area contributed by atoms with E-state index in [2.05, 4.69) is 10.7 Å². The lowest BCUT2D eigenvalue weighted by Gasteiger charge is -1.73. The molecular formula is C6H12N2O. The normalized spacial score (nSPS) is 8.00. The van der Waals surface area contributed by atoms with E-state index < -0.39 is 0 Å². The molecule has 0 aliphatic rings. The van der Waals surface area contributed by atoms with Gasteiger partial charge in [0.05, 0.1) is 6.20 Å². The van der Waals surface area contributed by atoms with Gasteiger partial charge in [0.15, 0.2) is 5.89 Å². The molecule has 0 amide bonds. The fourth-order valence-corrected chi connectivity index (χ4v) is 0.467. The highest BCUT2D eigenvalue weighted by molar-refractivity contribution is 4.87. The third-order valence-corrected chi connectivity index (χ3v) is 0.737. The molecule has 3 heteroatoms. The van der Waals surface area contributed by atoms with Crippen LogP contribution in [0.5, 0.6) is 0 Å². The molecule has 0 bridgehead atoms. The SMILES string of the molecule is CN.Cc1cnc(C)o1. The zero-order valence-electron chi connectivity index (χ0n) is 6.01. The largest absolute Gasteiger partial charge is 0.446 e. The van der Waals surface area contributed by atoms with Crippen LogP contribution < -0.4 is 5.73 Å². The van der Waals surface area contributed by atoms with Crippen LogP contribution in [0.4, 0.5) is 0 Å². The third-order valence-electron chi connectivity index (χ3n) is 0.737. The van der Waals surface area contributed by atoms with Gasteiger partial charge in [-0.1, -0.05) is 0 Å². The molecule has 1 rings (SSSR count). The highest BCUT2D eigenvalue weighted by Gasteiger charge is 1.87. The maximum Gasteiger partial charge on any atom is 0.191 e. The van der Waals surface area contributed by atoms with Crippen molar-refractivity contribution in [1.29, 1.82) is 0 Å². The minimum absolute atomic E-state index is 0.734. The lowest BCUT2D eigenvalue weighted by molar-refractivity contribution is 0.494. The minimum atomic E-state index is 0.734. The molecule has 0 unspecified atom stereocenters. The number of aryl methyl sites for hydroxylation is 2. The average Bonchev–Trinajstić information content (AvgIpc) is 2.20. The van der Waals surface area contributed by atoms with Gasteiger partial charge in [-0.3, -0.25) is 0 Å². The molecule has 52 valence electrons. The van der Waals surface area contributed by atoms with Crippen molar-refractivity contribution in [1.82, 2.24) is 4.98 Å². The van der Waals surface area contributed by atoms with Gasteiger partial charge in [0.2, 0.25) is 0 Å². The van der Waals surface area contributed by atoms with Crippen molar-refractivity contribution in [3.8, 4) is 0 Å². The first-order valence-electron chi connectivity index (χ1n) is 2.76. The number of aromatic nitrogens is 1. The van der Waals surface area contributed by atoms with Crippen LogP contribution in [0.3, 0.4) is 0 Å². The third kappa shape index (κ3) is 2.87. The smallest absolute Gasteiger partial charge is 0.191 e. The lowest BCUT2D eigenvalue weighted by atomic mass is 10.6. The van der Waals surface area contributed by atoms with Gasteiger partial charge in [0, 0.05) is 6.92 Å². The fraction of sp³-hybridized carbons (Fsp3) is 0.500. The maximum atomic E-state index is 4.97. The van der Waals surface area contributed by atoms with E-state index in [1.807, 2.05) is 13.8 Å². The first kappa shape index (κ1) is 8.17. The van der Waals surface area contributed by atoms with Gasteiger partial charge >= 0.3 is 0 Å². The average molecular weight is 128 g/mol. The first-order valence-corrected chi connectivity index (χ1v) is 2.76. The van der Waals surface area contributed by atoms with Gasteiger partial charge in [-0.2, -0.15) is 0 Å². The van der Waals surface area contributed by atoms with E-state index >= 15 is 0 Å². The molecule has 0 radical (unpaired) electrons. The number of nitrogens with zero attached hydrogens (tertiary/aromatic N) is 1. The second-order valence-electron chi connectivity index (χ2n) is 1.49. The zero-order chi connectivity index (χ0) is 7.28. The first-order chi connectivity index (χ1) is 4.29. The van der Waals surface area contributed by atoms with Gasteiger partial charge in [-0.25, -0.2) is 4.98 Å². The van der Waals surface area contributed by atoms with Crippen molar-refractivity contribution in [2.75, 3.05) is 7.05 Å². The molecule has 0 aliphatic heterocycles. The summed E-state index contributed by atoms with van der Waals surface area (Å²) < 4.78 is 4.97. The van der Waals surface area contributed by atoms with E-state index in [0.717, 1.165) is 11.7 Å². The second-order valence-corrected chi connectivity index (χ2v) is 1.49. The van der Waals surface area contributed by atoms with Crippen LogP contribution in [0, 0.1) is 13.8 Å². The molecule has 3 nitrogen and oxygen atoms in total. The van der Waals surface area contributed by atoms with E-state index in [-0.39, 0.29) is 0 Å². The standard InChI is InChI=1S/C5H7NO.CH5N/c1-4-3-6-5(2)7-4;1-2/h3H,1-2H3;2H2,1H3. The summed E-state index contributed by atoms with van der Waals surface area (Å²) in [5, 5.41) is 0. The molecule has 0 aromatic carbocycles. The Morgan fingerprint density at radius 1 is 1.44 bits per heavy atom. The summed E-state index contributed by atoms with van der Waals surface area (Å²) in [7, 11) is 1.50. The van der Waals surface area contributed by atoms with Gasteiger partial charge in [-0.15, -0.1) is 0 Å². The summed E-state index contributed by atoms with van der Waals surface area (Å²) in [6.07, 6.45) is 1.70. The Balaban J connectivity index is 0.000000291. The summed E-state index contributed by atoms with van der Waals surface area (Å²) >= 11 is 0. The summed E-state index contributed by atoms with van der Waals surface area (Å²) in [5.74, 6) is 1.61. The molecule has 1 heterocycles. The van der Waals surface area contributed by atoms with Gasteiger partial charge in [0.1, 0.15) is 5.76 Å². The summed E-state index contributed by atoms with van der Waals surface area (Å²) in [4.78, 5) is 3.85. The Morgan fingerprint density at radius 3 is 2.11 bits per heavy atom. The van der Waals surface area contributed by atoms with Crippen molar-refractivity contribution in [2.24, 2.45) is 5.73 Å². The van der Waals surface area contributed by atoms with Crippen LogP contribution in [0.1, 0.15) is 11.7 Å². The van der Waals surface area contributed by atoms with E-state index in [9.17, 15) is 0 Å². The highest BCUT2D eigenvalue weighted by Crippen LogP contribution is 1.96. The molecule has 1 aromatic rings. The molecular weight excluding hydrogens is 116 g/mol. The van der Waals surface area contributed by atoms with Gasteiger partial charge < -0.3 is 10.2 Å². The fourth-order valence-electron chi connectivity index (χ4n) is 0.467. The Labute approximate surface area is 54.9 Å². The monoisotopic (exact) mass is 128 g/mol. The topological polar surface area (TPSA) is 52.0 Å². The second kappa shape index (κ2) is 4.09. The Bertz CT molecular complexity index is 143. The predicted octanol–water partition coefficient (Wildman–Crippen LogP) is 0.866. The molecule has 0 spiro atoms. The maximum absolute atomic E-state index is 4.97. The summed E-state index contributed by atoms with van der Waals surface area (Å²) in [5.41, 5.74) is 4.50.